The normalized spacial score (nSPS) is 18.4. The molecule has 5 nitrogen and oxygen atoms in total. The van der Waals surface area contributed by atoms with E-state index < -0.39 is 0 Å². The second-order valence-electron chi connectivity index (χ2n) is 7.43. The molecule has 2 aromatic carbocycles. The van der Waals surface area contributed by atoms with E-state index in [1.54, 1.807) is 0 Å². The highest BCUT2D eigenvalue weighted by Crippen LogP contribution is 2.16. The molecule has 1 fully saturated rings. The van der Waals surface area contributed by atoms with Gasteiger partial charge in [-0.3, -0.25) is 9.69 Å². The second-order valence-corrected chi connectivity index (χ2v) is 7.43. The number of ether oxygens (including phenoxy) is 1. The molecule has 0 aliphatic carbocycles. The first kappa shape index (κ1) is 26.4. The average molecular weight is 454 g/mol. The fourth-order valence-electron chi connectivity index (χ4n) is 3.70. The van der Waals surface area contributed by atoms with Gasteiger partial charge in [0, 0.05) is 32.1 Å². The topological polar surface area (TPSA) is 67.6 Å². The van der Waals surface area contributed by atoms with Crippen molar-refractivity contribution < 1.29 is 9.53 Å². The number of halogens is 2. The maximum absolute atomic E-state index is 12.6. The maximum atomic E-state index is 12.6. The lowest BCUT2D eigenvalue weighted by molar-refractivity contribution is -0.124. The molecule has 0 saturated carbocycles. The molecular weight excluding hydrogens is 421 g/mol. The molecule has 1 saturated heterocycles. The van der Waals surface area contributed by atoms with E-state index >= 15 is 0 Å². The Balaban J connectivity index is 0.00000225. The highest BCUT2D eigenvalue weighted by atomic mass is 35.5. The van der Waals surface area contributed by atoms with Crippen LogP contribution in [0.15, 0.2) is 60.7 Å². The van der Waals surface area contributed by atoms with E-state index in [0.29, 0.717) is 6.61 Å². The lowest BCUT2D eigenvalue weighted by atomic mass is 10.0. The van der Waals surface area contributed by atoms with Crippen LogP contribution in [-0.4, -0.2) is 42.6 Å². The van der Waals surface area contributed by atoms with Crippen molar-refractivity contribution >= 4 is 30.7 Å². The van der Waals surface area contributed by atoms with E-state index in [1.165, 1.54) is 5.56 Å². The standard InChI is InChI=1S/C23H31N3O2.2ClH/c1-2-21(25-23(27)15-20(24)19-11-7-4-8-12-19)22-17-26(13-14-28-22)16-18-9-5-3-6-10-18;;/h3-12,20-22H,2,13-17,24H2,1H3,(H,25,27);2*1H. The Morgan fingerprint density at radius 2 is 1.77 bits per heavy atom. The first-order valence-electron chi connectivity index (χ1n) is 10.1. The van der Waals surface area contributed by atoms with Gasteiger partial charge in [0.05, 0.1) is 18.8 Å². The van der Waals surface area contributed by atoms with E-state index in [-0.39, 0.29) is 55.3 Å². The number of nitrogens with one attached hydrogen (secondary N) is 1. The van der Waals surface area contributed by atoms with E-state index in [1.807, 2.05) is 36.4 Å². The largest absolute Gasteiger partial charge is 0.373 e. The molecule has 0 spiro atoms. The van der Waals surface area contributed by atoms with E-state index in [0.717, 1.165) is 31.6 Å². The molecular formula is C23H33Cl2N3O2. The van der Waals surface area contributed by atoms with Gasteiger partial charge in [0.15, 0.2) is 0 Å². The fraction of sp³-hybridized carbons (Fsp3) is 0.435. The Morgan fingerprint density at radius 1 is 1.13 bits per heavy atom. The van der Waals surface area contributed by atoms with E-state index in [9.17, 15) is 4.79 Å². The zero-order valence-corrected chi connectivity index (χ0v) is 19.0. The zero-order valence-electron chi connectivity index (χ0n) is 17.4. The number of amides is 1. The molecule has 2 aromatic rings. The smallest absolute Gasteiger partial charge is 0.222 e. The summed E-state index contributed by atoms with van der Waals surface area (Å²) < 4.78 is 6.00. The van der Waals surface area contributed by atoms with Crippen LogP contribution in [0.25, 0.3) is 0 Å². The van der Waals surface area contributed by atoms with Crippen molar-refractivity contribution in [3.63, 3.8) is 0 Å². The average Bonchev–Trinajstić information content (AvgIpc) is 2.73. The van der Waals surface area contributed by atoms with Gasteiger partial charge in [-0.05, 0) is 17.5 Å². The molecule has 3 unspecified atom stereocenters. The van der Waals surface area contributed by atoms with Crippen LogP contribution in [0, 0.1) is 0 Å². The Labute approximate surface area is 192 Å². The van der Waals surface area contributed by atoms with Crippen LogP contribution in [0.4, 0.5) is 0 Å². The monoisotopic (exact) mass is 453 g/mol. The van der Waals surface area contributed by atoms with Gasteiger partial charge in [0.25, 0.3) is 0 Å². The Morgan fingerprint density at radius 3 is 2.40 bits per heavy atom. The maximum Gasteiger partial charge on any atom is 0.222 e. The third-order valence-electron chi connectivity index (χ3n) is 5.29. The Hall–Kier alpha value is -1.63. The number of carbonyl (C=O) groups is 1. The van der Waals surface area contributed by atoms with Crippen molar-refractivity contribution in [1.29, 1.82) is 0 Å². The molecule has 0 radical (unpaired) electrons. The zero-order chi connectivity index (χ0) is 19.8. The third kappa shape index (κ3) is 7.89. The number of hydrogen-bond donors (Lipinski definition) is 2. The molecule has 3 atom stereocenters. The van der Waals surface area contributed by atoms with Crippen molar-refractivity contribution in [3.05, 3.63) is 71.8 Å². The van der Waals surface area contributed by atoms with Crippen LogP contribution < -0.4 is 11.1 Å². The van der Waals surface area contributed by atoms with Gasteiger partial charge in [0.2, 0.25) is 5.91 Å². The third-order valence-corrected chi connectivity index (χ3v) is 5.29. The second kappa shape index (κ2) is 13.6. The van der Waals surface area contributed by atoms with Gasteiger partial charge in [-0.25, -0.2) is 0 Å². The molecule has 0 aromatic heterocycles. The molecule has 1 aliphatic rings. The Bertz CT molecular complexity index is 734. The number of rotatable bonds is 8. The number of carbonyl (C=O) groups excluding carboxylic acids is 1. The SMILES string of the molecule is CCC(NC(=O)CC(N)c1ccccc1)C1CN(Cc2ccccc2)CCO1.Cl.Cl. The molecule has 7 heteroatoms. The summed E-state index contributed by atoms with van der Waals surface area (Å²) in [5, 5.41) is 3.15. The summed E-state index contributed by atoms with van der Waals surface area (Å²) in [6.45, 7) is 5.41. The predicted molar refractivity (Wildman–Crippen MR) is 126 cm³/mol. The molecule has 30 heavy (non-hydrogen) atoms. The van der Waals surface area contributed by atoms with Gasteiger partial charge in [0.1, 0.15) is 0 Å². The molecule has 166 valence electrons. The lowest BCUT2D eigenvalue weighted by Crippen LogP contribution is -2.53. The molecule has 3 rings (SSSR count). The highest BCUT2D eigenvalue weighted by molar-refractivity contribution is 5.85. The molecule has 1 amide bonds. The fourth-order valence-corrected chi connectivity index (χ4v) is 3.70. The minimum Gasteiger partial charge on any atom is -0.373 e. The van der Waals surface area contributed by atoms with Gasteiger partial charge in [-0.1, -0.05) is 67.6 Å². The lowest BCUT2D eigenvalue weighted by Gasteiger charge is -2.37. The van der Waals surface area contributed by atoms with Gasteiger partial charge < -0.3 is 15.8 Å². The van der Waals surface area contributed by atoms with E-state index in [4.69, 9.17) is 10.5 Å². The molecule has 3 N–H and O–H groups in total. The van der Waals surface area contributed by atoms with Crippen molar-refractivity contribution in [2.75, 3.05) is 19.7 Å². The van der Waals surface area contributed by atoms with E-state index in [2.05, 4.69) is 41.4 Å². The minimum absolute atomic E-state index is 0. The first-order valence-corrected chi connectivity index (χ1v) is 10.1. The number of nitrogens with zero attached hydrogens (tertiary/aromatic N) is 1. The summed E-state index contributed by atoms with van der Waals surface area (Å²) >= 11 is 0. The van der Waals surface area contributed by atoms with Crippen molar-refractivity contribution in [1.82, 2.24) is 10.2 Å². The molecule has 0 bridgehead atoms. The number of hydrogen-bond acceptors (Lipinski definition) is 4. The van der Waals surface area contributed by atoms with Crippen LogP contribution in [0.5, 0.6) is 0 Å². The van der Waals surface area contributed by atoms with Crippen molar-refractivity contribution in [3.8, 4) is 0 Å². The van der Waals surface area contributed by atoms with Crippen molar-refractivity contribution in [2.45, 2.75) is 44.5 Å². The van der Waals surface area contributed by atoms with Crippen molar-refractivity contribution in [2.24, 2.45) is 5.73 Å². The summed E-state index contributed by atoms with van der Waals surface area (Å²) in [5.41, 5.74) is 8.48. The summed E-state index contributed by atoms with van der Waals surface area (Å²) in [4.78, 5) is 14.9. The number of morpholine rings is 1. The highest BCUT2D eigenvalue weighted by Gasteiger charge is 2.28. The van der Waals surface area contributed by atoms with Crippen LogP contribution in [-0.2, 0) is 16.1 Å². The number of benzene rings is 2. The van der Waals surface area contributed by atoms with Gasteiger partial charge >= 0.3 is 0 Å². The Kier molecular flexibility index (Phi) is 12.0. The van der Waals surface area contributed by atoms with Crippen LogP contribution in [0.1, 0.15) is 36.9 Å². The summed E-state index contributed by atoms with van der Waals surface area (Å²) in [7, 11) is 0. The minimum atomic E-state index is -0.291. The predicted octanol–water partition coefficient (Wildman–Crippen LogP) is 3.72. The van der Waals surface area contributed by atoms with Gasteiger partial charge in [-0.2, -0.15) is 0 Å². The van der Waals surface area contributed by atoms with Crippen LogP contribution in [0.2, 0.25) is 0 Å². The molecule has 1 heterocycles. The summed E-state index contributed by atoms with van der Waals surface area (Å²) in [6.07, 6.45) is 1.11. The van der Waals surface area contributed by atoms with Gasteiger partial charge in [-0.15, -0.1) is 24.8 Å². The van der Waals surface area contributed by atoms with Crippen LogP contribution >= 0.6 is 24.8 Å². The summed E-state index contributed by atoms with van der Waals surface area (Å²) in [6, 6.07) is 19.9. The first-order chi connectivity index (χ1) is 13.7. The molecule has 1 aliphatic heterocycles. The van der Waals surface area contributed by atoms with Crippen LogP contribution in [0.3, 0.4) is 0 Å². The number of nitrogens with two attached hydrogens (primary N) is 1. The summed E-state index contributed by atoms with van der Waals surface area (Å²) in [5.74, 6) is -0.0213. The quantitative estimate of drug-likeness (QED) is 0.638.